The predicted octanol–water partition coefficient (Wildman–Crippen LogP) is 2.48. The molecule has 0 aliphatic carbocycles. The molecule has 0 N–H and O–H groups in total. The van der Waals surface area contributed by atoms with Crippen LogP contribution in [0.1, 0.15) is 30.5 Å². The van der Waals surface area contributed by atoms with Crippen LogP contribution in [-0.2, 0) is 19.5 Å². The van der Waals surface area contributed by atoms with Crippen molar-refractivity contribution in [1.82, 2.24) is 4.90 Å². The molecule has 1 heterocycles. The van der Waals surface area contributed by atoms with Gasteiger partial charge in [-0.1, -0.05) is 18.2 Å². The molecule has 0 saturated carbocycles. The van der Waals surface area contributed by atoms with Crippen LogP contribution in [0.4, 0.5) is 0 Å². The minimum Gasteiger partial charge on any atom is -0.292 e. The molecule has 78 valence electrons. The highest BCUT2D eigenvalue weighted by Gasteiger charge is 2.20. The van der Waals surface area contributed by atoms with Gasteiger partial charge < -0.3 is 0 Å². The van der Waals surface area contributed by atoms with E-state index in [-0.39, 0.29) is 0 Å². The summed E-state index contributed by atoms with van der Waals surface area (Å²) in [5, 5.41) is 8.65. The highest BCUT2D eigenvalue weighted by molar-refractivity contribution is 5.35. The van der Waals surface area contributed by atoms with Crippen molar-refractivity contribution in [3.63, 3.8) is 0 Å². The summed E-state index contributed by atoms with van der Waals surface area (Å²) in [5.41, 5.74) is 3.96. The second kappa shape index (κ2) is 4.04. The molecule has 0 aromatic heterocycles. The SMILES string of the molecule is CC(C)N1Cc2ccc(CC#N)cc2C1. The Kier molecular flexibility index (Phi) is 2.75. The van der Waals surface area contributed by atoms with Gasteiger partial charge in [0.15, 0.2) is 0 Å². The van der Waals surface area contributed by atoms with E-state index in [4.69, 9.17) is 5.26 Å². The molecule has 15 heavy (non-hydrogen) atoms. The molecule has 0 saturated heterocycles. The summed E-state index contributed by atoms with van der Waals surface area (Å²) in [5.74, 6) is 0. The molecule has 0 fully saturated rings. The number of benzene rings is 1. The van der Waals surface area contributed by atoms with E-state index in [2.05, 4.69) is 43.0 Å². The molecule has 0 unspecified atom stereocenters. The number of hydrogen-bond donors (Lipinski definition) is 0. The first-order valence-electron chi connectivity index (χ1n) is 5.42. The van der Waals surface area contributed by atoms with Gasteiger partial charge in [-0.15, -0.1) is 0 Å². The van der Waals surface area contributed by atoms with E-state index < -0.39 is 0 Å². The van der Waals surface area contributed by atoms with Crippen molar-refractivity contribution in [2.75, 3.05) is 0 Å². The van der Waals surface area contributed by atoms with Crippen molar-refractivity contribution in [3.05, 3.63) is 34.9 Å². The van der Waals surface area contributed by atoms with Crippen molar-refractivity contribution >= 4 is 0 Å². The third kappa shape index (κ3) is 2.03. The molecule has 2 rings (SSSR count). The zero-order valence-corrected chi connectivity index (χ0v) is 9.33. The second-order valence-electron chi connectivity index (χ2n) is 4.44. The lowest BCUT2D eigenvalue weighted by atomic mass is 10.1. The average Bonchev–Trinajstić information content (AvgIpc) is 2.61. The summed E-state index contributed by atoms with van der Waals surface area (Å²) >= 11 is 0. The molecular formula is C13H16N2. The quantitative estimate of drug-likeness (QED) is 0.733. The molecule has 0 atom stereocenters. The Bertz CT molecular complexity index is 401. The second-order valence-corrected chi connectivity index (χ2v) is 4.44. The lowest BCUT2D eigenvalue weighted by Gasteiger charge is -2.18. The largest absolute Gasteiger partial charge is 0.292 e. The van der Waals surface area contributed by atoms with Crippen molar-refractivity contribution in [2.45, 2.75) is 39.4 Å². The minimum atomic E-state index is 0.523. The Labute approximate surface area is 91.1 Å². The maximum absolute atomic E-state index is 8.65. The van der Waals surface area contributed by atoms with Crippen LogP contribution in [-0.4, -0.2) is 10.9 Å². The van der Waals surface area contributed by atoms with Crippen LogP contribution >= 0.6 is 0 Å². The van der Waals surface area contributed by atoms with Gasteiger partial charge in [0, 0.05) is 19.1 Å². The van der Waals surface area contributed by atoms with Crippen molar-refractivity contribution < 1.29 is 0 Å². The number of fused-ring (bicyclic) bond motifs is 1. The summed E-state index contributed by atoms with van der Waals surface area (Å²) in [4.78, 5) is 2.45. The van der Waals surface area contributed by atoms with Crippen LogP contribution in [0.15, 0.2) is 18.2 Å². The van der Waals surface area contributed by atoms with Crippen LogP contribution in [0.3, 0.4) is 0 Å². The molecule has 1 aliphatic heterocycles. The van der Waals surface area contributed by atoms with Crippen LogP contribution < -0.4 is 0 Å². The van der Waals surface area contributed by atoms with E-state index in [1.807, 2.05) is 0 Å². The Morgan fingerprint density at radius 2 is 2.07 bits per heavy atom. The normalized spacial score (nSPS) is 15.3. The molecule has 0 amide bonds. The smallest absolute Gasteiger partial charge is 0.0669 e. The van der Waals surface area contributed by atoms with Crippen LogP contribution in [0, 0.1) is 11.3 Å². The summed E-state index contributed by atoms with van der Waals surface area (Å²) in [6.07, 6.45) is 0.523. The Hall–Kier alpha value is -1.33. The zero-order chi connectivity index (χ0) is 10.8. The van der Waals surface area contributed by atoms with E-state index >= 15 is 0 Å². The molecule has 1 aliphatic rings. The molecule has 1 aromatic carbocycles. The topological polar surface area (TPSA) is 27.0 Å². The highest BCUT2D eigenvalue weighted by Crippen LogP contribution is 2.25. The lowest BCUT2D eigenvalue weighted by Crippen LogP contribution is -2.24. The van der Waals surface area contributed by atoms with Gasteiger partial charge in [-0.25, -0.2) is 0 Å². The Morgan fingerprint density at radius 1 is 1.33 bits per heavy atom. The van der Waals surface area contributed by atoms with Crippen LogP contribution in [0.5, 0.6) is 0 Å². The zero-order valence-electron chi connectivity index (χ0n) is 9.33. The third-order valence-electron chi connectivity index (χ3n) is 3.03. The molecule has 0 spiro atoms. The van der Waals surface area contributed by atoms with E-state index in [0.717, 1.165) is 18.7 Å². The van der Waals surface area contributed by atoms with Gasteiger partial charge in [0.2, 0.25) is 0 Å². The summed E-state index contributed by atoms with van der Waals surface area (Å²) in [7, 11) is 0. The highest BCUT2D eigenvalue weighted by atomic mass is 15.2. The van der Waals surface area contributed by atoms with Gasteiger partial charge >= 0.3 is 0 Å². The van der Waals surface area contributed by atoms with Crippen molar-refractivity contribution in [3.8, 4) is 6.07 Å². The fourth-order valence-electron chi connectivity index (χ4n) is 2.04. The van der Waals surface area contributed by atoms with Gasteiger partial charge in [-0.3, -0.25) is 4.90 Å². The number of hydrogen-bond acceptors (Lipinski definition) is 2. The van der Waals surface area contributed by atoms with Crippen LogP contribution in [0.25, 0.3) is 0 Å². The molecule has 2 nitrogen and oxygen atoms in total. The first-order valence-corrected chi connectivity index (χ1v) is 5.42. The summed E-state index contributed by atoms with van der Waals surface area (Å²) in [6, 6.07) is 9.22. The van der Waals surface area contributed by atoms with E-state index in [9.17, 15) is 0 Å². The first kappa shape index (κ1) is 10.2. The lowest BCUT2D eigenvalue weighted by molar-refractivity contribution is 0.227. The summed E-state index contributed by atoms with van der Waals surface area (Å²) < 4.78 is 0. The van der Waals surface area contributed by atoms with E-state index in [1.165, 1.54) is 11.1 Å². The minimum absolute atomic E-state index is 0.523. The maximum Gasteiger partial charge on any atom is 0.0669 e. The third-order valence-corrected chi connectivity index (χ3v) is 3.03. The Balaban J connectivity index is 2.21. The van der Waals surface area contributed by atoms with Gasteiger partial charge in [0.25, 0.3) is 0 Å². The number of rotatable bonds is 2. The molecule has 1 aromatic rings. The molecule has 2 heteroatoms. The van der Waals surface area contributed by atoms with Crippen LogP contribution in [0.2, 0.25) is 0 Å². The first-order chi connectivity index (χ1) is 7.20. The van der Waals surface area contributed by atoms with Gasteiger partial charge in [-0.05, 0) is 30.5 Å². The van der Waals surface area contributed by atoms with E-state index in [1.54, 1.807) is 0 Å². The monoisotopic (exact) mass is 200 g/mol. The van der Waals surface area contributed by atoms with E-state index in [0.29, 0.717) is 12.5 Å². The predicted molar refractivity (Wildman–Crippen MR) is 60.1 cm³/mol. The van der Waals surface area contributed by atoms with Gasteiger partial charge in [0.1, 0.15) is 0 Å². The van der Waals surface area contributed by atoms with Gasteiger partial charge in [0.05, 0.1) is 12.5 Å². The number of nitrogens with zero attached hydrogens (tertiary/aromatic N) is 2. The summed E-state index contributed by atoms with van der Waals surface area (Å²) in [6.45, 7) is 6.54. The average molecular weight is 200 g/mol. The van der Waals surface area contributed by atoms with Gasteiger partial charge in [-0.2, -0.15) is 5.26 Å². The number of nitriles is 1. The fraction of sp³-hybridized carbons (Fsp3) is 0.462. The van der Waals surface area contributed by atoms with Crippen molar-refractivity contribution in [1.29, 1.82) is 5.26 Å². The molecule has 0 bridgehead atoms. The molecular weight excluding hydrogens is 184 g/mol. The fourth-order valence-corrected chi connectivity index (χ4v) is 2.04. The van der Waals surface area contributed by atoms with Crippen molar-refractivity contribution in [2.24, 2.45) is 0 Å². The molecule has 0 radical (unpaired) electrons. The maximum atomic E-state index is 8.65. The standard InChI is InChI=1S/C13H16N2/c1-10(2)15-8-12-4-3-11(5-6-14)7-13(12)9-15/h3-4,7,10H,5,8-9H2,1-2H3. The Morgan fingerprint density at radius 3 is 2.73 bits per heavy atom.